The zero-order valence-corrected chi connectivity index (χ0v) is 28.9. The standard InChI is InChI=1S/C38H52N4O4/c1-20-9-10-21(15-27(20)42(45)46)23-16-29-36(6)19-26-31(40-41-32(26)39)35(4,5)28(36)12-14-37(29,7)38(8)13-11-22-24(30(23)38)17-34(2,3)18-25(22)33(43)44/h9-10,15,22,24-25,28-29H,11-14,16-19H2,1-8H3,(H,43,44)(H3,39,40,41)/t22?,24?,25-,28?,29?,36?,37?,38?/m1/s1. The van der Waals surface area contributed by atoms with Crippen LogP contribution in [-0.2, 0) is 16.6 Å². The Morgan fingerprint density at radius 1 is 1.07 bits per heavy atom. The number of anilines is 1. The fourth-order valence-corrected chi connectivity index (χ4v) is 12.7. The van der Waals surface area contributed by atoms with Crippen LogP contribution in [0.5, 0.6) is 0 Å². The molecule has 8 atom stereocenters. The van der Waals surface area contributed by atoms with Gasteiger partial charge in [0.15, 0.2) is 0 Å². The Morgan fingerprint density at radius 2 is 1.78 bits per heavy atom. The molecule has 0 amide bonds. The normalized spacial score (nSPS) is 38.9. The summed E-state index contributed by atoms with van der Waals surface area (Å²) in [5.41, 5.74) is 12.7. The van der Waals surface area contributed by atoms with E-state index >= 15 is 0 Å². The highest BCUT2D eigenvalue weighted by Gasteiger charge is 2.68. The largest absolute Gasteiger partial charge is 0.481 e. The molecule has 1 heterocycles. The minimum Gasteiger partial charge on any atom is -0.481 e. The van der Waals surface area contributed by atoms with Gasteiger partial charge in [-0.05, 0) is 115 Å². The summed E-state index contributed by atoms with van der Waals surface area (Å²) in [6.45, 7) is 18.5. The van der Waals surface area contributed by atoms with E-state index in [1.54, 1.807) is 0 Å². The molecule has 4 N–H and O–H groups in total. The van der Waals surface area contributed by atoms with Crippen molar-refractivity contribution in [3.8, 4) is 0 Å². The number of benzene rings is 1. The van der Waals surface area contributed by atoms with Gasteiger partial charge in [0.25, 0.3) is 5.69 Å². The molecule has 8 heteroatoms. The molecule has 1 aromatic carbocycles. The van der Waals surface area contributed by atoms with Gasteiger partial charge < -0.3 is 10.8 Å². The van der Waals surface area contributed by atoms with E-state index in [0.29, 0.717) is 29.6 Å². The first-order valence-electron chi connectivity index (χ1n) is 17.4. The first-order valence-corrected chi connectivity index (χ1v) is 17.4. The summed E-state index contributed by atoms with van der Waals surface area (Å²) in [5, 5.41) is 30.6. The number of nitro groups is 1. The number of aromatic nitrogens is 2. The number of nitrogen functional groups attached to an aromatic ring is 1. The number of aliphatic carboxylic acids is 1. The summed E-state index contributed by atoms with van der Waals surface area (Å²) >= 11 is 0. The molecule has 7 rings (SSSR count). The van der Waals surface area contributed by atoms with Gasteiger partial charge in [0, 0.05) is 22.6 Å². The molecular weight excluding hydrogens is 576 g/mol. The molecule has 7 unspecified atom stereocenters. The molecule has 3 fully saturated rings. The smallest absolute Gasteiger partial charge is 0.306 e. The van der Waals surface area contributed by atoms with E-state index in [4.69, 9.17) is 10.8 Å². The van der Waals surface area contributed by atoms with E-state index < -0.39 is 5.97 Å². The Balaban J connectivity index is 1.48. The Labute approximate surface area is 273 Å². The number of H-pyrrole nitrogens is 1. The lowest BCUT2D eigenvalue weighted by atomic mass is 9.33. The zero-order chi connectivity index (χ0) is 33.4. The van der Waals surface area contributed by atoms with Crippen LogP contribution in [0.3, 0.4) is 0 Å². The fraction of sp³-hybridized carbons (Fsp3) is 0.684. The predicted molar refractivity (Wildman–Crippen MR) is 180 cm³/mol. The average Bonchev–Trinajstić information content (AvgIpc) is 3.32. The van der Waals surface area contributed by atoms with Crippen LogP contribution < -0.4 is 5.73 Å². The average molecular weight is 629 g/mol. The molecule has 0 radical (unpaired) electrons. The number of nitrogens with zero attached hydrogens (tertiary/aromatic N) is 2. The topological polar surface area (TPSA) is 135 Å². The number of aryl methyl sites for hydroxylation is 1. The van der Waals surface area contributed by atoms with Crippen molar-refractivity contribution in [2.45, 2.75) is 112 Å². The van der Waals surface area contributed by atoms with Crippen LogP contribution >= 0.6 is 0 Å². The van der Waals surface area contributed by atoms with Crippen molar-refractivity contribution >= 4 is 23.0 Å². The van der Waals surface area contributed by atoms with Crippen molar-refractivity contribution in [2.24, 2.45) is 51.2 Å². The third-order valence-electron chi connectivity index (χ3n) is 14.8. The van der Waals surface area contributed by atoms with Crippen LogP contribution in [0.25, 0.3) is 5.57 Å². The predicted octanol–water partition coefficient (Wildman–Crippen LogP) is 8.49. The van der Waals surface area contributed by atoms with Gasteiger partial charge in [-0.2, -0.15) is 5.10 Å². The number of carbonyl (C=O) groups is 1. The van der Waals surface area contributed by atoms with E-state index in [1.807, 2.05) is 19.1 Å². The number of aromatic amines is 1. The van der Waals surface area contributed by atoms with E-state index in [-0.39, 0.29) is 55.4 Å². The number of rotatable bonds is 3. The first kappa shape index (κ1) is 31.4. The summed E-state index contributed by atoms with van der Waals surface area (Å²) in [7, 11) is 0. The summed E-state index contributed by atoms with van der Waals surface area (Å²) in [5.74, 6) is 0.568. The number of carboxylic acids is 1. The quantitative estimate of drug-likeness (QED) is 0.230. The molecule has 0 aliphatic heterocycles. The summed E-state index contributed by atoms with van der Waals surface area (Å²) in [6, 6.07) is 5.82. The number of hydrogen-bond acceptors (Lipinski definition) is 5. The highest BCUT2D eigenvalue weighted by atomic mass is 16.6. The van der Waals surface area contributed by atoms with Crippen LogP contribution in [0.1, 0.15) is 116 Å². The number of nitro benzene ring substituents is 1. The minimum absolute atomic E-state index is 0.0227. The van der Waals surface area contributed by atoms with Gasteiger partial charge in [0.1, 0.15) is 5.82 Å². The van der Waals surface area contributed by atoms with Crippen molar-refractivity contribution in [3.05, 3.63) is 56.3 Å². The monoisotopic (exact) mass is 628 g/mol. The molecule has 5 aliphatic carbocycles. The number of hydrogen-bond donors (Lipinski definition) is 3. The van der Waals surface area contributed by atoms with Gasteiger partial charge in [0.2, 0.25) is 0 Å². The number of nitrogens with two attached hydrogens (primary N) is 1. The second kappa shape index (κ2) is 9.70. The van der Waals surface area contributed by atoms with Gasteiger partial charge in [0.05, 0.1) is 16.5 Å². The molecule has 2 aromatic rings. The highest BCUT2D eigenvalue weighted by Crippen LogP contribution is 2.76. The Morgan fingerprint density at radius 3 is 2.46 bits per heavy atom. The van der Waals surface area contributed by atoms with Crippen LogP contribution in [-0.4, -0.2) is 26.2 Å². The third kappa shape index (κ3) is 4.03. The van der Waals surface area contributed by atoms with Crippen LogP contribution in [0.2, 0.25) is 0 Å². The molecule has 3 saturated carbocycles. The van der Waals surface area contributed by atoms with Crippen LogP contribution in [0.4, 0.5) is 11.5 Å². The maximum atomic E-state index is 12.8. The molecule has 0 saturated heterocycles. The maximum absolute atomic E-state index is 12.8. The number of carboxylic acid groups (broad SMARTS) is 1. The second-order valence-electron chi connectivity index (χ2n) is 17.9. The van der Waals surface area contributed by atoms with Gasteiger partial charge in [-0.3, -0.25) is 20.0 Å². The van der Waals surface area contributed by atoms with Crippen molar-refractivity contribution < 1.29 is 14.8 Å². The molecule has 46 heavy (non-hydrogen) atoms. The van der Waals surface area contributed by atoms with E-state index in [2.05, 4.69) is 59.6 Å². The van der Waals surface area contributed by atoms with Crippen molar-refractivity contribution in [3.63, 3.8) is 0 Å². The molecule has 1 aromatic heterocycles. The lowest BCUT2D eigenvalue weighted by Crippen LogP contribution is -2.64. The maximum Gasteiger partial charge on any atom is 0.306 e. The summed E-state index contributed by atoms with van der Waals surface area (Å²) in [4.78, 5) is 24.8. The molecule has 0 bridgehead atoms. The Bertz CT molecular complexity index is 1690. The molecule has 248 valence electrons. The second-order valence-corrected chi connectivity index (χ2v) is 17.9. The SMILES string of the molecule is Cc1ccc(C2=C3C4CC(C)(C)C[C@@H](C(=O)O)C4CCC3(C)C3(C)CCC4C(C)(C)c5n[nH]c(N)c5CC4(C)C3C2)cc1[N+](=O)[O-]. The molecule has 0 spiro atoms. The lowest BCUT2D eigenvalue weighted by Gasteiger charge is -2.70. The van der Waals surface area contributed by atoms with E-state index in [0.717, 1.165) is 61.8 Å². The zero-order valence-electron chi connectivity index (χ0n) is 28.9. The highest BCUT2D eigenvalue weighted by molar-refractivity contribution is 5.76. The van der Waals surface area contributed by atoms with E-state index in [1.165, 1.54) is 11.1 Å². The minimum atomic E-state index is -0.676. The number of allylic oxidation sites excluding steroid dienone is 2. The van der Waals surface area contributed by atoms with Gasteiger partial charge in [-0.15, -0.1) is 0 Å². The number of fused-ring (bicyclic) bond motifs is 8. The van der Waals surface area contributed by atoms with Gasteiger partial charge in [-0.1, -0.05) is 66.2 Å². The van der Waals surface area contributed by atoms with E-state index in [9.17, 15) is 20.0 Å². The molecular formula is C38H52N4O4. The first-order chi connectivity index (χ1) is 21.4. The Hall–Kier alpha value is -3.16. The van der Waals surface area contributed by atoms with Gasteiger partial charge in [-0.25, -0.2) is 0 Å². The number of nitrogens with one attached hydrogen (secondary N) is 1. The fourth-order valence-electron chi connectivity index (χ4n) is 12.7. The molecule has 5 aliphatic rings. The van der Waals surface area contributed by atoms with Crippen molar-refractivity contribution in [1.82, 2.24) is 10.2 Å². The summed E-state index contributed by atoms with van der Waals surface area (Å²) in [6.07, 6.45) is 7.40. The molecule has 8 nitrogen and oxygen atoms in total. The van der Waals surface area contributed by atoms with Crippen molar-refractivity contribution in [1.29, 1.82) is 0 Å². The van der Waals surface area contributed by atoms with Crippen molar-refractivity contribution in [2.75, 3.05) is 5.73 Å². The third-order valence-corrected chi connectivity index (χ3v) is 14.8. The Kier molecular flexibility index (Phi) is 6.63. The van der Waals surface area contributed by atoms with Gasteiger partial charge >= 0.3 is 5.97 Å². The lowest BCUT2D eigenvalue weighted by molar-refractivity contribution is -0.385. The van der Waals surface area contributed by atoms with Crippen LogP contribution in [0, 0.1) is 68.3 Å². The summed E-state index contributed by atoms with van der Waals surface area (Å²) < 4.78 is 0. The van der Waals surface area contributed by atoms with Crippen LogP contribution in [0.15, 0.2) is 23.8 Å².